The van der Waals surface area contributed by atoms with Crippen molar-refractivity contribution < 1.29 is 4.74 Å². The van der Waals surface area contributed by atoms with E-state index in [0.29, 0.717) is 6.61 Å². The molecule has 5 heteroatoms. The van der Waals surface area contributed by atoms with Crippen molar-refractivity contribution in [1.29, 1.82) is 0 Å². The van der Waals surface area contributed by atoms with Gasteiger partial charge in [-0.15, -0.1) is 11.3 Å². The van der Waals surface area contributed by atoms with E-state index in [1.54, 1.807) is 11.3 Å². The zero-order chi connectivity index (χ0) is 11.6. The van der Waals surface area contributed by atoms with Crippen molar-refractivity contribution in [3.8, 4) is 0 Å². The fourth-order valence-electron chi connectivity index (χ4n) is 1.78. The lowest BCUT2D eigenvalue weighted by molar-refractivity contribution is 0.176. The highest BCUT2D eigenvalue weighted by atomic mass is 32.1. The minimum atomic E-state index is -0.194. The van der Waals surface area contributed by atoms with Crippen LogP contribution in [0.4, 0.5) is 0 Å². The van der Waals surface area contributed by atoms with Gasteiger partial charge in [0.1, 0.15) is 5.01 Å². The molecule has 1 aliphatic heterocycles. The molecule has 3 N–H and O–H groups in total. The summed E-state index contributed by atoms with van der Waals surface area (Å²) in [4.78, 5) is 4.46. The van der Waals surface area contributed by atoms with Gasteiger partial charge in [-0.3, -0.25) is 0 Å². The second-order valence-electron chi connectivity index (χ2n) is 4.59. The van der Waals surface area contributed by atoms with Gasteiger partial charge in [-0.05, 0) is 20.3 Å². The Morgan fingerprint density at radius 1 is 1.75 bits per heavy atom. The maximum Gasteiger partial charge on any atom is 0.110 e. The summed E-state index contributed by atoms with van der Waals surface area (Å²) < 4.78 is 5.32. The SMILES string of the molecule is Cc1csc(C(C)NCC2(N)CCOC2)n1. The minimum absolute atomic E-state index is 0.194. The molecule has 1 aliphatic rings. The quantitative estimate of drug-likeness (QED) is 0.832. The van der Waals surface area contributed by atoms with Gasteiger partial charge in [0.15, 0.2) is 0 Å². The number of thiazole rings is 1. The number of hydrogen-bond acceptors (Lipinski definition) is 5. The van der Waals surface area contributed by atoms with E-state index in [1.807, 2.05) is 6.92 Å². The molecule has 16 heavy (non-hydrogen) atoms. The van der Waals surface area contributed by atoms with Crippen LogP contribution in [0.2, 0.25) is 0 Å². The highest BCUT2D eigenvalue weighted by molar-refractivity contribution is 7.09. The summed E-state index contributed by atoms with van der Waals surface area (Å²) in [5.74, 6) is 0. The predicted octanol–water partition coefficient (Wildman–Crippen LogP) is 1.22. The van der Waals surface area contributed by atoms with Crippen molar-refractivity contribution in [2.45, 2.75) is 31.8 Å². The van der Waals surface area contributed by atoms with Crippen molar-refractivity contribution >= 4 is 11.3 Å². The number of ether oxygens (including phenoxy) is 1. The van der Waals surface area contributed by atoms with Gasteiger partial charge in [-0.2, -0.15) is 0 Å². The van der Waals surface area contributed by atoms with Crippen LogP contribution in [0.3, 0.4) is 0 Å². The van der Waals surface area contributed by atoms with Gasteiger partial charge in [0.05, 0.1) is 18.2 Å². The molecule has 2 unspecified atom stereocenters. The molecule has 0 aromatic carbocycles. The predicted molar refractivity (Wildman–Crippen MR) is 65.6 cm³/mol. The first-order valence-electron chi connectivity index (χ1n) is 5.61. The summed E-state index contributed by atoms with van der Waals surface area (Å²) in [6.07, 6.45) is 0.934. The number of hydrogen-bond donors (Lipinski definition) is 2. The topological polar surface area (TPSA) is 60.2 Å². The highest BCUT2D eigenvalue weighted by Gasteiger charge is 2.30. The largest absolute Gasteiger partial charge is 0.379 e. The molecule has 0 amide bonds. The van der Waals surface area contributed by atoms with Crippen LogP contribution < -0.4 is 11.1 Å². The Hall–Kier alpha value is -0.490. The van der Waals surface area contributed by atoms with Crippen LogP contribution in [0.25, 0.3) is 0 Å². The standard InChI is InChI=1S/C11H19N3OS/c1-8-5-16-10(14-8)9(2)13-6-11(12)3-4-15-7-11/h5,9,13H,3-4,6-7,12H2,1-2H3. The van der Waals surface area contributed by atoms with Gasteiger partial charge in [0.25, 0.3) is 0 Å². The van der Waals surface area contributed by atoms with Crippen molar-refractivity contribution in [1.82, 2.24) is 10.3 Å². The lowest BCUT2D eigenvalue weighted by atomic mass is 10.0. The fraction of sp³-hybridized carbons (Fsp3) is 0.727. The molecule has 0 saturated carbocycles. The van der Waals surface area contributed by atoms with E-state index in [9.17, 15) is 0 Å². The normalized spacial score (nSPS) is 27.2. The van der Waals surface area contributed by atoms with Crippen molar-refractivity contribution in [2.24, 2.45) is 5.73 Å². The van der Waals surface area contributed by atoms with Crippen LogP contribution in [0.15, 0.2) is 5.38 Å². The van der Waals surface area contributed by atoms with Crippen LogP contribution in [-0.4, -0.2) is 30.3 Å². The highest BCUT2D eigenvalue weighted by Crippen LogP contribution is 2.19. The number of nitrogens with two attached hydrogens (primary N) is 1. The van der Waals surface area contributed by atoms with Gasteiger partial charge in [0, 0.05) is 24.2 Å². The van der Waals surface area contributed by atoms with Crippen LogP contribution in [-0.2, 0) is 4.74 Å². The molecule has 0 aliphatic carbocycles. The molecule has 4 nitrogen and oxygen atoms in total. The van der Waals surface area contributed by atoms with E-state index in [2.05, 4.69) is 22.6 Å². The lowest BCUT2D eigenvalue weighted by Gasteiger charge is -2.24. The molecule has 1 fully saturated rings. The molecule has 1 aromatic heterocycles. The maximum absolute atomic E-state index is 6.19. The summed E-state index contributed by atoms with van der Waals surface area (Å²) in [6.45, 7) is 6.36. The molecule has 2 rings (SSSR count). The number of nitrogens with zero attached hydrogens (tertiary/aromatic N) is 1. The molecular weight excluding hydrogens is 222 g/mol. The molecule has 0 radical (unpaired) electrons. The Morgan fingerprint density at radius 2 is 2.56 bits per heavy atom. The van der Waals surface area contributed by atoms with E-state index < -0.39 is 0 Å². The van der Waals surface area contributed by atoms with Crippen molar-refractivity contribution in [3.05, 3.63) is 16.1 Å². The first-order chi connectivity index (χ1) is 7.59. The van der Waals surface area contributed by atoms with Crippen LogP contribution in [0, 0.1) is 6.92 Å². The minimum Gasteiger partial charge on any atom is -0.379 e. The van der Waals surface area contributed by atoms with Gasteiger partial charge >= 0.3 is 0 Å². The number of aryl methyl sites for hydroxylation is 1. The second-order valence-corrected chi connectivity index (χ2v) is 5.48. The Kier molecular flexibility index (Phi) is 3.59. The fourth-order valence-corrected chi connectivity index (χ4v) is 2.61. The summed E-state index contributed by atoms with van der Waals surface area (Å²) >= 11 is 1.69. The average Bonchev–Trinajstić information content (AvgIpc) is 2.85. The van der Waals surface area contributed by atoms with Crippen molar-refractivity contribution in [2.75, 3.05) is 19.8 Å². The second kappa shape index (κ2) is 4.79. The molecule has 1 saturated heterocycles. The summed E-state index contributed by atoms with van der Waals surface area (Å²) in [6, 6.07) is 0.264. The zero-order valence-electron chi connectivity index (χ0n) is 9.82. The smallest absolute Gasteiger partial charge is 0.110 e. The number of aromatic nitrogens is 1. The van der Waals surface area contributed by atoms with Crippen LogP contribution in [0.5, 0.6) is 0 Å². The maximum atomic E-state index is 6.19. The first-order valence-corrected chi connectivity index (χ1v) is 6.49. The van der Waals surface area contributed by atoms with Gasteiger partial charge in [-0.1, -0.05) is 0 Å². The molecule has 0 bridgehead atoms. The third-order valence-corrected chi connectivity index (χ3v) is 4.05. The lowest BCUT2D eigenvalue weighted by Crippen LogP contribution is -2.49. The monoisotopic (exact) mass is 241 g/mol. The van der Waals surface area contributed by atoms with E-state index >= 15 is 0 Å². The van der Waals surface area contributed by atoms with Gasteiger partial charge in [0.2, 0.25) is 0 Å². The van der Waals surface area contributed by atoms with Crippen LogP contribution in [0.1, 0.15) is 30.1 Å². The van der Waals surface area contributed by atoms with E-state index in [-0.39, 0.29) is 11.6 Å². The molecule has 90 valence electrons. The third kappa shape index (κ3) is 2.79. The molecule has 2 heterocycles. The van der Waals surface area contributed by atoms with E-state index in [0.717, 1.165) is 30.3 Å². The summed E-state index contributed by atoms with van der Waals surface area (Å²) in [5, 5.41) is 6.64. The molecule has 0 spiro atoms. The number of rotatable bonds is 4. The summed E-state index contributed by atoms with van der Waals surface area (Å²) in [7, 11) is 0. The Labute approximate surface area is 100 Å². The summed E-state index contributed by atoms with van der Waals surface area (Å²) in [5.41, 5.74) is 7.08. The van der Waals surface area contributed by atoms with Gasteiger partial charge in [-0.25, -0.2) is 4.98 Å². The molecule has 2 atom stereocenters. The van der Waals surface area contributed by atoms with Crippen LogP contribution >= 0.6 is 11.3 Å². The third-order valence-electron chi connectivity index (χ3n) is 2.90. The average molecular weight is 241 g/mol. The van der Waals surface area contributed by atoms with E-state index in [4.69, 9.17) is 10.5 Å². The Morgan fingerprint density at radius 3 is 3.12 bits per heavy atom. The Balaban J connectivity index is 1.86. The Bertz CT molecular complexity index is 347. The van der Waals surface area contributed by atoms with Gasteiger partial charge < -0.3 is 15.8 Å². The van der Waals surface area contributed by atoms with Crippen molar-refractivity contribution in [3.63, 3.8) is 0 Å². The number of nitrogens with one attached hydrogen (secondary N) is 1. The molecular formula is C11H19N3OS. The molecule has 1 aromatic rings. The van der Waals surface area contributed by atoms with E-state index in [1.165, 1.54) is 0 Å². The first kappa shape index (κ1) is 12.0. The zero-order valence-corrected chi connectivity index (χ0v) is 10.6.